The molecule has 0 spiro atoms. The number of hydrogen-bond donors (Lipinski definition) is 1. The van der Waals surface area contributed by atoms with Crippen molar-refractivity contribution >= 4 is 21.9 Å². The fourth-order valence-electron chi connectivity index (χ4n) is 3.87. The maximum atomic E-state index is 12.6. The number of likely N-dealkylation sites (tertiary alicyclic amines) is 1. The molecule has 7 nitrogen and oxygen atoms in total. The molecule has 1 amide bonds. The van der Waals surface area contributed by atoms with Crippen molar-refractivity contribution in [2.45, 2.75) is 13.3 Å². The lowest BCUT2D eigenvalue weighted by atomic mass is 9.81. The summed E-state index contributed by atoms with van der Waals surface area (Å²) in [6.07, 6.45) is 1.31. The second-order valence-electron chi connectivity index (χ2n) is 7.15. The number of benzene rings is 1. The second kappa shape index (κ2) is 6.10. The fraction of sp³-hybridized carbons (Fsp3) is 0.529. The van der Waals surface area contributed by atoms with Crippen molar-refractivity contribution in [3.8, 4) is 0 Å². The number of carbonyl (C=O) groups excluding carboxylic acids is 1. The molecule has 1 aromatic carbocycles. The zero-order valence-electron chi connectivity index (χ0n) is 14.3. The summed E-state index contributed by atoms with van der Waals surface area (Å²) in [5, 5.41) is 9.72. The van der Waals surface area contributed by atoms with E-state index in [1.54, 1.807) is 4.90 Å². The number of carboxylic acid groups (broad SMARTS) is 1. The lowest BCUT2D eigenvalue weighted by Crippen LogP contribution is -2.43. The van der Waals surface area contributed by atoms with Gasteiger partial charge in [-0.25, -0.2) is 12.7 Å². The number of rotatable bonds is 4. The van der Waals surface area contributed by atoms with E-state index in [-0.39, 0.29) is 44.4 Å². The van der Waals surface area contributed by atoms with Crippen LogP contribution in [0.1, 0.15) is 11.1 Å². The fourth-order valence-corrected chi connectivity index (χ4v) is 4.79. The lowest BCUT2D eigenvalue weighted by Gasteiger charge is -2.24. The van der Waals surface area contributed by atoms with Crippen molar-refractivity contribution in [2.24, 2.45) is 11.3 Å². The van der Waals surface area contributed by atoms with E-state index in [4.69, 9.17) is 0 Å². The van der Waals surface area contributed by atoms with Crippen molar-refractivity contribution < 1.29 is 23.1 Å². The minimum absolute atomic E-state index is 0.0592. The van der Waals surface area contributed by atoms with Gasteiger partial charge in [-0.2, -0.15) is 0 Å². The van der Waals surface area contributed by atoms with E-state index in [0.717, 1.165) is 17.4 Å². The molecule has 2 atom stereocenters. The van der Waals surface area contributed by atoms with Crippen LogP contribution in [0.25, 0.3) is 0 Å². The SMILES string of the molecule is Cc1cccc(CC(=O)N2C[C@@H]3CN(S(C)(=O)=O)C[C@]3(C(=O)O)C2)c1. The Morgan fingerprint density at radius 3 is 2.56 bits per heavy atom. The third-order valence-corrected chi connectivity index (χ3v) is 6.48. The molecule has 3 rings (SSSR count). The van der Waals surface area contributed by atoms with Gasteiger partial charge in [0, 0.05) is 32.1 Å². The Morgan fingerprint density at radius 1 is 1.28 bits per heavy atom. The molecule has 2 saturated heterocycles. The average molecular weight is 366 g/mol. The zero-order chi connectivity index (χ0) is 18.4. The van der Waals surface area contributed by atoms with Gasteiger partial charge in [-0.05, 0) is 12.5 Å². The third kappa shape index (κ3) is 3.28. The zero-order valence-corrected chi connectivity index (χ0v) is 15.1. The van der Waals surface area contributed by atoms with E-state index in [2.05, 4.69) is 0 Å². The van der Waals surface area contributed by atoms with Crippen LogP contribution in [0, 0.1) is 18.3 Å². The maximum Gasteiger partial charge on any atom is 0.313 e. The molecule has 0 aliphatic carbocycles. The van der Waals surface area contributed by atoms with Crippen LogP contribution in [0.15, 0.2) is 24.3 Å². The van der Waals surface area contributed by atoms with Crippen molar-refractivity contribution in [3.05, 3.63) is 35.4 Å². The van der Waals surface area contributed by atoms with Crippen molar-refractivity contribution in [1.29, 1.82) is 0 Å². The Kier molecular flexibility index (Phi) is 4.36. The monoisotopic (exact) mass is 366 g/mol. The Bertz CT molecular complexity index is 822. The molecule has 8 heteroatoms. The predicted molar refractivity (Wildman–Crippen MR) is 91.4 cm³/mol. The summed E-state index contributed by atoms with van der Waals surface area (Å²) >= 11 is 0. The molecule has 136 valence electrons. The Labute approximate surface area is 147 Å². The first-order valence-electron chi connectivity index (χ1n) is 8.14. The van der Waals surface area contributed by atoms with Gasteiger partial charge in [-0.15, -0.1) is 0 Å². The molecular weight excluding hydrogens is 344 g/mol. The van der Waals surface area contributed by atoms with E-state index in [0.29, 0.717) is 0 Å². The molecule has 1 N–H and O–H groups in total. The summed E-state index contributed by atoms with van der Waals surface area (Å²) in [5.41, 5.74) is 0.754. The third-order valence-electron chi connectivity index (χ3n) is 5.26. The summed E-state index contributed by atoms with van der Waals surface area (Å²) in [6, 6.07) is 7.65. The van der Waals surface area contributed by atoms with E-state index in [1.807, 2.05) is 31.2 Å². The second-order valence-corrected chi connectivity index (χ2v) is 9.14. The predicted octanol–water partition coefficient (Wildman–Crippen LogP) is 0.342. The Morgan fingerprint density at radius 2 is 2.00 bits per heavy atom. The summed E-state index contributed by atoms with van der Waals surface area (Å²) in [5.74, 6) is -1.53. The summed E-state index contributed by atoms with van der Waals surface area (Å²) in [4.78, 5) is 26.1. The topological polar surface area (TPSA) is 95.0 Å². The van der Waals surface area contributed by atoms with Crippen LogP contribution in [-0.4, -0.2) is 67.0 Å². The average Bonchev–Trinajstić information content (AvgIpc) is 3.01. The standard InChI is InChI=1S/C17H22N2O5S/c1-12-4-3-5-13(6-12)7-15(20)18-8-14-9-19(25(2,23)24)11-17(14,10-18)16(21)22/h3-6,14H,7-11H2,1-2H3,(H,21,22)/t14-,17-/m1/s1. The highest BCUT2D eigenvalue weighted by Gasteiger charge is 2.59. The first-order chi connectivity index (χ1) is 11.6. The number of hydrogen-bond acceptors (Lipinski definition) is 4. The summed E-state index contributed by atoms with van der Waals surface area (Å²) in [7, 11) is -3.44. The van der Waals surface area contributed by atoms with Crippen LogP contribution >= 0.6 is 0 Å². The number of carbonyl (C=O) groups is 2. The molecule has 0 saturated carbocycles. The molecular formula is C17H22N2O5S. The summed E-state index contributed by atoms with van der Waals surface area (Å²) in [6.45, 7) is 2.37. The van der Waals surface area contributed by atoms with Gasteiger partial charge in [-0.1, -0.05) is 29.8 Å². The normalized spacial score (nSPS) is 26.6. The minimum atomic E-state index is -3.44. The molecule has 2 aliphatic heterocycles. The highest BCUT2D eigenvalue weighted by molar-refractivity contribution is 7.88. The number of fused-ring (bicyclic) bond motifs is 1. The van der Waals surface area contributed by atoms with Gasteiger partial charge in [0.05, 0.1) is 12.7 Å². The lowest BCUT2D eigenvalue weighted by molar-refractivity contribution is -0.148. The van der Waals surface area contributed by atoms with Gasteiger partial charge in [-0.3, -0.25) is 9.59 Å². The number of amides is 1. The molecule has 1 aromatic rings. The van der Waals surface area contributed by atoms with Gasteiger partial charge in [0.25, 0.3) is 0 Å². The Balaban J connectivity index is 1.76. The molecule has 0 bridgehead atoms. The van der Waals surface area contributed by atoms with Gasteiger partial charge < -0.3 is 10.0 Å². The number of nitrogens with zero attached hydrogens (tertiary/aromatic N) is 2. The van der Waals surface area contributed by atoms with Gasteiger partial charge >= 0.3 is 5.97 Å². The van der Waals surface area contributed by atoms with Gasteiger partial charge in [0.1, 0.15) is 5.41 Å². The number of carboxylic acids is 1. The van der Waals surface area contributed by atoms with E-state index in [9.17, 15) is 23.1 Å². The smallest absolute Gasteiger partial charge is 0.313 e. The van der Waals surface area contributed by atoms with Crippen molar-refractivity contribution in [1.82, 2.24) is 9.21 Å². The van der Waals surface area contributed by atoms with Crippen molar-refractivity contribution in [2.75, 3.05) is 32.4 Å². The first kappa shape index (κ1) is 17.9. The van der Waals surface area contributed by atoms with E-state index < -0.39 is 21.4 Å². The summed E-state index contributed by atoms with van der Waals surface area (Å²) < 4.78 is 24.8. The van der Waals surface area contributed by atoms with Gasteiger partial charge in [0.15, 0.2) is 0 Å². The maximum absolute atomic E-state index is 12.6. The van der Waals surface area contributed by atoms with Crippen LogP contribution in [0.2, 0.25) is 0 Å². The van der Waals surface area contributed by atoms with E-state index in [1.165, 1.54) is 4.31 Å². The molecule has 0 aromatic heterocycles. The number of aliphatic carboxylic acids is 1. The number of sulfonamides is 1. The highest BCUT2D eigenvalue weighted by Crippen LogP contribution is 2.43. The quantitative estimate of drug-likeness (QED) is 0.829. The molecule has 2 fully saturated rings. The van der Waals surface area contributed by atoms with E-state index >= 15 is 0 Å². The van der Waals surface area contributed by atoms with Crippen LogP contribution in [0.3, 0.4) is 0 Å². The van der Waals surface area contributed by atoms with Crippen LogP contribution in [-0.2, 0) is 26.0 Å². The van der Waals surface area contributed by atoms with Gasteiger partial charge in [0.2, 0.25) is 15.9 Å². The first-order valence-corrected chi connectivity index (χ1v) is 9.98. The number of aryl methyl sites for hydroxylation is 1. The van der Waals surface area contributed by atoms with Crippen molar-refractivity contribution in [3.63, 3.8) is 0 Å². The van der Waals surface area contributed by atoms with Crippen LogP contribution in [0.5, 0.6) is 0 Å². The molecule has 2 heterocycles. The largest absolute Gasteiger partial charge is 0.481 e. The van der Waals surface area contributed by atoms with Crippen LogP contribution in [0.4, 0.5) is 0 Å². The van der Waals surface area contributed by atoms with Crippen LogP contribution < -0.4 is 0 Å². The molecule has 0 radical (unpaired) electrons. The minimum Gasteiger partial charge on any atom is -0.481 e. The Hall–Kier alpha value is -1.93. The molecule has 0 unspecified atom stereocenters. The molecule has 2 aliphatic rings. The highest BCUT2D eigenvalue weighted by atomic mass is 32.2. The molecule has 25 heavy (non-hydrogen) atoms.